The van der Waals surface area contributed by atoms with Crippen LogP contribution in [0.3, 0.4) is 0 Å². The van der Waals surface area contributed by atoms with Gasteiger partial charge in [0.2, 0.25) is 10.0 Å². The van der Waals surface area contributed by atoms with E-state index in [2.05, 4.69) is 29.8 Å². The van der Waals surface area contributed by atoms with Gasteiger partial charge in [-0.1, -0.05) is 30.7 Å². The first-order chi connectivity index (χ1) is 9.32. The van der Waals surface area contributed by atoms with Gasteiger partial charge in [-0.15, -0.1) is 0 Å². The van der Waals surface area contributed by atoms with Crippen LogP contribution in [0.15, 0.2) is 18.2 Å². The topological polar surface area (TPSA) is 55.4 Å². The Morgan fingerprint density at radius 1 is 1.45 bits per heavy atom. The molecule has 2 rings (SSSR count). The van der Waals surface area contributed by atoms with Gasteiger partial charge in [0.1, 0.15) is 0 Å². The third-order valence-electron chi connectivity index (χ3n) is 3.91. The van der Waals surface area contributed by atoms with Gasteiger partial charge < -0.3 is 4.74 Å². The normalized spacial score (nSPS) is 23.6. The van der Waals surface area contributed by atoms with Crippen molar-refractivity contribution in [2.45, 2.75) is 39.3 Å². The molecule has 0 saturated heterocycles. The minimum absolute atomic E-state index is 0.00608. The predicted molar refractivity (Wildman–Crippen MR) is 80.2 cm³/mol. The van der Waals surface area contributed by atoms with E-state index in [9.17, 15) is 8.42 Å². The predicted octanol–water partition coefficient (Wildman–Crippen LogP) is 2.18. The van der Waals surface area contributed by atoms with Gasteiger partial charge in [-0.05, 0) is 37.3 Å². The van der Waals surface area contributed by atoms with Crippen molar-refractivity contribution < 1.29 is 13.2 Å². The second kappa shape index (κ2) is 5.84. The van der Waals surface area contributed by atoms with E-state index in [0.29, 0.717) is 0 Å². The maximum absolute atomic E-state index is 12.2. The minimum atomic E-state index is -3.34. The Balaban J connectivity index is 2.20. The molecule has 0 fully saturated rings. The number of nitrogens with one attached hydrogen (secondary N) is 1. The highest BCUT2D eigenvalue weighted by atomic mass is 32.2. The average molecular weight is 297 g/mol. The minimum Gasteiger partial charge on any atom is -0.381 e. The molecule has 0 amide bonds. The number of aryl methyl sites for hydroxylation is 1. The number of rotatable bonds is 5. The molecule has 0 heterocycles. The SMILES string of the molecule is COC(C)CS(=O)(=O)NC1c2cc(C)ccc2CC1C. The van der Waals surface area contributed by atoms with Gasteiger partial charge in [0, 0.05) is 13.2 Å². The highest BCUT2D eigenvalue weighted by Gasteiger charge is 2.32. The number of benzene rings is 1. The highest BCUT2D eigenvalue weighted by molar-refractivity contribution is 7.89. The molecule has 1 N–H and O–H groups in total. The lowest BCUT2D eigenvalue weighted by atomic mass is 10.0. The number of fused-ring (bicyclic) bond motifs is 1. The summed E-state index contributed by atoms with van der Waals surface area (Å²) in [5.74, 6) is 0.271. The van der Waals surface area contributed by atoms with E-state index in [4.69, 9.17) is 4.74 Å². The summed E-state index contributed by atoms with van der Waals surface area (Å²) < 4.78 is 32.3. The van der Waals surface area contributed by atoms with Gasteiger partial charge >= 0.3 is 0 Å². The molecule has 5 heteroatoms. The summed E-state index contributed by atoms with van der Waals surface area (Å²) in [5.41, 5.74) is 3.52. The molecule has 0 spiro atoms. The molecule has 0 radical (unpaired) electrons. The molecule has 1 aromatic rings. The zero-order chi connectivity index (χ0) is 14.9. The molecule has 3 atom stereocenters. The van der Waals surface area contributed by atoms with E-state index in [1.54, 1.807) is 6.92 Å². The van der Waals surface area contributed by atoms with Crippen molar-refractivity contribution >= 4 is 10.0 Å². The van der Waals surface area contributed by atoms with E-state index >= 15 is 0 Å². The van der Waals surface area contributed by atoms with Crippen LogP contribution in [0.5, 0.6) is 0 Å². The zero-order valence-electron chi connectivity index (χ0n) is 12.5. The molecular formula is C15H23NO3S. The fourth-order valence-electron chi connectivity index (χ4n) is 2.76. The molecule has 1 aromatic carbocycles. The van der Waals surface area contributed by atoms with Gasteiger partial charge in [0.25, 0.3) is 0 Å². The van der Waals surface area contributed by atoms with Gasteiger partial charge in [0.15, 0.2) is 0 Å². The molecule has 4 nitrogen and oxygen atoms in total. The second-order valence-electron chi connectivity index (χ2n) is 5.81. The summed E-state index contributed by atoms with van der Waals surface area (Å²) >= 11 is 0. The fraction of sp³-hybridized carbons (Fsp3) is 0.600. The Kier molecular flexibility index (Phi) is 4.52. The quantitative estimate of drug-likeness (QED) is 0.906. The first-order valence-electron chi connectivity index (χ1n) is 6.94. The molecule has 0 saturated carbocycles. The lowest BCUT2D eigenvalue weighted by Gasteiger charge is -2.20. The van der Waals surface area contributed by atoms with Crippen molar-refractivity contribution in [1.29, 1.82) is 0 Å². The summed E-state index contributed by atoms with van der Waals surface area (Å²) in [6.45, 7) is 5.87. The number of hydrogen-bond donors (Lipinski definition) is 1. The van der Waals surface area contributed by atoms with Gasteiger partial charge in [-0.3, -0.25) is 0 Å². The zero-order valence-corrected chi connectivity index (χ0v) is 13.3. The third kappa shape index (κ3) is 3.40. The first kappa shape index (κ1) is 15.5. The Bertz CT molecular complexity index is 583. The van der Waals surface area contributed by atoms with E-state index in [1.807, 2.05) is 6.92 Å². The van der Waals surface area contributed by atoms with Gasteiger partial charge in [0.05, 0.1) is 11.9 Å². The molecule has 0 bridgehead atoms. The van der Waals surface area contributed by atoms with Crippen molar-refractivity contribution in [2.24, 2.45) is 5.92 Å². The smallest absolute Gasteiger partial charge is 0.214 e. The van der Waals surface area contributed by atoms with E-state index in [1.165, 1.54) is 12.7 Å². The number of methoxy groups -OCH3 is 1. The van der Waals surface area contributed by atoms with Crippen LogP contribution in [-0.2, 0) is 21.2 Å². The van der Waals surface area contributed by atoms with Crippen molar-refractivity contribution in [2.75, 3.05) is 12.9 Å². The summed E-state index contributed by atoms with van der Waals surface area (Å²) in [5, 5.41) is 0. The van der Waals surface area contributed by atoms with Crippen LogP contribution in [0.2, 0.25) is 0 Å². The van der Waals surface area contributed by atoms with Gasteiger partial charge in [-0.2, -0.15) is 0 Å². The summed E-state index contributed by atoms with van der Waals surface area (Å²) in [4.78, 5) is 0. The van der Waals surface area contributed by atoms with Gasteiger partial charge in [-0.25, -0.2) is 13.1 Å². The lowest BCUT2D eigenvalue weighted by molar-refractivity contribution is 0.136. The van der Waals surface area contributed by atoms with Crippen LogP contribution in [0, 0.1) is 12.8 Å². The fourth-order valence-corrected chi connectivity index (χ4v) is 4.36. The number of sulfonamides is 1. The van der Waals surface area contributed by atoms with Crippen molar-refractivity contribution in [3.8, 4) is 0 Å². The third-order valence-corrected chi connectivity index (χ3v) is 5.43. The van der Waals surface area contributed by atoms with Crippen molar-refractivity contribution in [3.05, 3.63) is 34.9 Å². The Hall–Kier alpha value is -0.910. The van der Waals surface area contributed by atoms with Crippen LogP contribution in [0.4, 0.5) is 0 Å². The Morgan fingerprint density at radius 2 is 2.15 bits per heavy atom. The molecule has 1 aliphatic carbocycles. The van der Waals surface area contributed by atoms with E-state index in [-0.39, 0.29) is 23.8 Å². The summed E-state index contributed by atoms with van der Waals surface area (Å²) in [6, 6.07) is 6.15. The molecule has 0 aromatic heterocycles. The van der Waals surface area contributed by atoms with E-state index in [0.717, 1.165) is 17.5 Å². The number of ether oxygens (including phenoxy) is 1. The van der Waals surface area contributed by atoms with Crippen LogP contribution < -0.4 is 4.72 Å². The first-order valence-corrected chi connectivity index (χ1v) is 8.60. The maximum atomic E-state index is 12.2. The molecule has 1 aliphatic rings. The van der Waals surface area contributed by atoms with Crippen LogP contribution in [0.25, 0.3) is 0 Å². The Labute approximate surface area is 121 Å². The maximum Gasteiger partial charge on any atom is 0.214 e. The van der Waals surface area contributed by atoms with Crippen molar-refractivity contribution in [3.63, 3.8) is 0 Å². The summed E-state index contributed by atoms with van der Waals surface area (Å²) in [7, 11) is -1.81. The Morgan fingerprint density at radius 3 is 2.80 bits per heavy atom. The molecule has 0 aliphatic heterocycles. The summed E-state index contributed by atoms with van der Waals surface area (Å²) in [6.07, 6.45) is 0.615. The molecule has 3 unspecified atom stereocenters. The van der Waals surface area contributed by atoms with Crippen molar-refractivity contribution in [1.82, 2.24) is 4.72 Å². The lowest BCUT2D eigenvalue weighted by Crippen LogP contribution is -2.35. The highest BCUT2D eigenvalue weighted by Crippen LogP contribution is 2.36. The average Bonchev–Trinajstić information content (AvgIpc) is 2.65. The monoisotopic (exact) mass is 297 g/mol. The number of hydrogen-bond acceptors (Lipinski definition) is 3. The van der Waals surface area contributed by atoms with Crippen LogP contribution in [0.1, 0.15) is 36.6 Å². The van der Waals surface area contributed by atoms with Crippen LogP contribution >= 0.6 is 0 Å². The standard InChI is InChI=1S/C15H23NO3S/c1-10-5-6-13-8-11(2)15(14(13)7-10)16-20(17,18)9-12(3)19-4/h5-7,11-12,15-16H,8-9H2,1-4H3. The van der Waals surface area contributed by atoms with E-state index < -0.39 is 10.0 Å². The molecule has 112 valence electrons. The molecule has 20 heavy (non-hydrogen) atoms. The molecular weight excluding hydrogens is 274 g/mol. The largest absolute Gasteiger partial charge is 0.381 e. The van der Waals surface area contributed by atoms with Crippen LogP contribution in [-0.4, -0.2) is 27.4 Å². The second-order valence-corrected chi connectivity index (χ2v) is 7.61.